The summed E-state index contributed by atoms with van der Waals surface area (Å²) in [4.78, 5) is 1.84. The van der Waals surface area contributed by atoms with Crippen LogP contribution in [0.25, 0.3) is 0 Å². The van der Waals surface area contributed by atoms with Gasteiger partial charge in [0.25, 0.3) is 0 Å². The molecule has 0 aliphatic carbocycles. The first-order chi connectivity index (χ1) is 12.3. The molecule has 2 N–H and O–H groups in total. The molecule has 0 unspecified atom stereocenters. The van der Waals surface area contributed by atoms with E-state index in [-0.39, 0.29) is 6.04 Å². The highest BCUT2D eigenvalue weighted by atomic mass is 35.5. The molecule has 0 radical (unpaired) electrons. The number of benzene rings is 2. The zero-order valence-corrected chi connectivity index (χ0v) is 16.8. The van der Waals surface area contributed by atoms with Crippen LogP contribution >= 0.6 is 11.6 Å². The van der Waals surface area contributed by atoms with Gasteiger partial charge in [0, 0.05) is 29.5 Å². The van der Waals surface area contributed by atoms with Gasteiger partial charge < -0.3 is 4.90 Å². The molecule has 2 aromatic rings. The van der Waals surface area contributed by atoms with Crippen LogP contribution < -0.4 is 9.62 Å². The minimum Gasteiger partial charge on any atom is -0.331 e. The van der Waals surface area contributed by atoms with Gasteiger partial charge in [-0.3, -0.25) is 0 Å². The van der Waals surface area contributed by atoms with Crippen LogP contribution in [0.5, 0.6) is 0 Å². The third-order valence-electron chi connectivity index (χ3n) is 5.06. The third kappa shape index (κ3) is 4.65. The fourth-order valence-corrected chi connectivity index (χ4v) is 5.37. The Morgan fingerprint density at radius 3 is 2.38 bits per heavy atom. The molecule has 1 fully saturated rings. The number of quaternary nitrogens is 1. The fraction of sp³-hybridized carbons (Fsp3) is 0.400. The standard InChI is InChI=1S/C20H25ClN2O2S/c1-15-13-20(16(2)12-19(15)21)26(24,25)22-18-8-10-23(11-9-18)14-17-6-4-3-5-7-17/h3-7,12-13,18,22H,8-11,14H2,1-2H3/p+1. The van der Waals surface area contributed by atoms with E-state index in [0.717, 1.165) is 38.0 Å². The molecule has 3 rings (SSSR count). The number of sulfonamides is 1. The zero-order valence-electron chi connectivity index (χ0n) is 15.3. The molecule has 4 nitrogen and oxygen atoms in total. The van der Waals surface area contributed by atoms with Crippen molar-refractivity contribution in [2.45, 2.75) is 44.2 Å². The maximum atomic E-state index is 12.8. The van der Waals surface area contributed by atoms with Crippen molar-refractivity contribution in [1.29, 1.82) is 0 Å². The largest absolute Gasteiger partial charge is 0.331 e. The quantitative estimate of drug-likeness (QED) is 0.819. The van der Waals surface area contributed by atoms with Crippen molar-refractivity contribution >= 4 is 21.6 Å². The first-order valence-corrected chi connectivity index (χ1v) is 10.9. The number of hydrogen-bond acceptors (Lipinski definition) is 2. The molecule has 1 saturated heterocycles. The lowest BCUT2D eigenvalue weighted by atomic mass is 10.1. The molecule has 2 aromatic carbocycles. The zero-order chi connectivity index (χ0) is 18.7. The van der Waals surface area contributed by atoms with Crippen LogP contribution in [0.2, 0.25) is 5.02 Å². The Balaban J connectivity index is 1.61. The number of hydrogen-bond donors (Lipinski definition) is 2. The number of halogens is 1. The van der Waals surface area contributed by atoms with Gasteiger partial charge in [-0.1, -0.05) is 41.9 Å². The van der Waals surface area contributed by atoms with Crippen molar-refractivity contribution in [3.63, 3.8) is 0 Å². The Hall–Kier alpha value is -1.40. The molecule has 0 saturated carbocycles. The van der Waals surface area contributed by atoms with Crippen LogP contribution in [-0.2, 0) is 16.6 Å². The van der Waals surface area contributed by atoms with E-state index in [4.69, 9.17) is 11.6 Å². The maximum absolute atomic E-state index is 12.8. The topological polar surface area (TPSA) is 50.6 Å². The predicted molar refractivity (Wildman–Crippen MR) is 105 cm³/mol. The molecule has 1 aliphatic heterocycles. The van der Waals surface area contributed by atoms with E-state index in [1.165, 1.54) is 10.5 Å². The summed E-state index contributed by atoms with van der Waals surface area (Å²) in [6, 6.07) is 13.8. The predicted octanol–water partition coefficient (Wildman–Crippen LogP) is 2.48. The van der Waals surface area contributed by atoms with Gasteiger partial charge in [-0.2, -0.15) is 0 Å². The Kier molecular flexibility index (Phi) is 6.03. The molecule has 1 aliphatic rings. The highest BCUT2D eigenvalue weighted by molar-refractivity contribution is 7.89. The van der Waals surface area contributed by atoms with Crippen LogP contribution in [0.4, 0.5) is 0 Å². The molecular formula is C20H26ClN2O2S+. The van der Waals surface area contributed by atoms with Gasteiger partial charge >= 0.3 is 0 Å². The van der Waals surface area contributed by atoms with Crippen LogP contribution in [0.1, 0.15) is 29.5 Å². The maximum Gasteiger partial charge on any atom is 0.241 e. The first-order valence-electron chi connectivity index (χ1n) is 9.02. The second-order valence-electron chi connectivity index (χ2n) is 7.17. The lowest BCUT2D eigenvalue weighted by Gasteiger charge is -2.29. The van der Waals surface area contributed by atoms with Gasteiger partial charge in [0.2, 0.25) is 10.0 Å². The van der Waals surface area contributed by atoms with Crippen LogP contribution in [0, 0.1) is 13.8 Å². The van der Waals surface area contributed by atoms with E-state index >= 15 is 0 Å². The van der Waals surface area contributed by atoms with Crippen molar-refractivity contribution in [2.75, 3.05) is 13.1 Å². The molecule has 0 aromatic heterocycles. The van der Waals surface area contributed by atoms with Gasteiger partial charge in [0.05, 0.1) is 18.0 Å². The summed E-state index contributed by atoms with van der Waals surface area (Å²) in [5.74, 6) is 0. The average molecular weight is 394 g/mol. The summed E-state index contributed by atoms with van der Waals surface area (Å²) in [5, 5.41) is 0.597. The van der Waals surface area contributed by atoms with Gasteiger partial charge in [-0.05, 0) is 37.1 Å². The van der Waals surface area contributed by atoms with Crippen LogP contribution in [0.15, 0.2) is 47.4 Å². The van der Waals surface area contributed by atoms with Gasteiger partial charge in [-0.15, -0.1) is 0 Å². The molecule has 0 bridgehead atoms. The molecule has 140 valence electrons. The van der Waals surface area contributed by atoms with Crippen molar-refractivity contribution < 1.29 is 13.3 Å². The summed E-state index contributed by atoms with van der Waals surface area (Å²) in [6.45, 7) is 6.55. The normalized spacial score (nSPS) is 20.9. The molecule has 0 atom stereocenters. The Bertz CT molecular complexity index is 861. The lowest BCUT2D eigenvalue weighted by molar-refractivity contribution is -0.918. The summed E-state index contributed by atoms with van der Waals surface area (Å²) in [6.07, 6.45) is 1.71. The molecule has 1 heterocycles. The highest BCUT2D eigenvalue weighted by Gasteiger charge is 2.27. The van der Waals surface area contributed by atoms with Gasteiger partial charge in [0.15, 0.2) is 0 Å². The summed E-state index contributed by atoms with van der Waals surface area (Å²) in [5.41, 5.74) is 2.79. The molecule has 6 heteroatoms. The number of likely N-dealkylation sites (tertiary alicyclic amines) is 1. The second-order valence-corrected chi connectivity index (χ2v) is 9.26. The Labute approximate surface area is 161 Å². The number of piperidine rings is 1. The van der Waals surface area contributed by atoms with E-state index in [9.17, 15) is 8.42 Å². The first kappa shape index (κ1) is 19.4. The third-order valence-corrected chi connectivity index (χ3v) is 7.13. The highest BCUT2D eigenvalue weighted by Crippen LogP contribution is 2.24. The summed E-state index contributed by atoms with van der Waals surface area (Å²) >= 11 is 6.09. The molecule has 0 amide bonds. The van der Waals surface area contributed by atoms with Gasteiger partial charge in [-0.25, -0.2) is 13.1 Å². The van der Waals surface area contributed by atoms with E-state index in [1.54, 1.807) is 19.1 Å². The molecule has 26 heavy (non-hydrogen) atoms. The SMILES string of the molecule is Cc1cc(S(=O)(=O)NC2CC[NH+](Cc3ccccc3)CC2)c(C)cc1Cl. The number of rotatable bonds is 5. The summed E-state index contributed by atoms with van der Waals surface area (Å²) < 4.78 is 28.5. The van der Waals surface area contributed by atoms with E-state index < -0.39 is 10.0 Å². The van der Waals surface area contributed by atoms with E-state index in [1.807, 2.05) is 13.0 Å². The monoisotopic (exact) mass is 393 g/mol. The van der Waals surface area contributed by atoms with Crippen LogP contribution in [0.3, 0.4) is 0 Å². The Morgan fingerprint density at radius 2 is 1.73 bits per heavy atom. The second kappa shape index (κ2) is 8.09. The van der Waals surface area contributed by atoms with Crippen molar-refractivity contribution in [1.82, 2.24) is 4.72 Å². The lowest BCUT2D eigenvalue weighted by Crippen LogP contribution is -3.12. The van der Waals surface area contributed by atoms with Crippen molar-refractivity contribution in [2.24, 2.45) is 0 Å². The minimum atomic E-state index is -3.52. The van der Waals surface area contributed by atoms with Crippen LogP contribution in [-0.4, -0.2) is 27.5 Å². The summed E-state index contributed by atoms with van der Waals surface area (Å²) in [7, 11) is -3.52. The fourth-order valence-electron chi connectivity index (χ4n) is 3.53. The minimum absolute atomic E-state index is 0.00472. The van der Waals surface area contributed by atoms with Gasteiger partial charge in [0.1, 0.15) is 6.54 Å². The molecular weight excluding hydrogens is 368 g/mol. The van der Waals surface area contributed by atoms with Crippen molar-refractivity contribution in [3.8, 4) is 0 Å². The molecule has 0 spiro atoms. The number of aryl methyl sites for hydroxylation is 2. The van der Waals surface area contributed by atoms with E-state index in [2.05, 4.69) is 29.0 Å². The smallest absolute Gasteiger partial charge is 0.241 e. The van der Waals surface area contributed by atoms with E-state index in [0.29, 0.717) is 15.5 Å². The Morgan fingerprint density at radius 1 is 1.08 bits per heavy atom. The van der Waals surface area contributed by atoms with Crippen molar-refractivity contribution in [3.05, 3.63) is 64.2 Å². The average Bonchev–Trinajstić information content (AvgIpc) is 2.60. The number of nitrogens with one attached hydrogen (secondary N) is 2.